The Balaban J connectivity index is 2.23. The number of halogens is 4. The van der Waals surface area contributed by atoms with E-state index in [0.717, 1.165) is 5.56 Å². The molecule has 0 unspecified atom stereocenters. The molecule has 0 saturated carbocycles. The van der Waals surface area contributed by atoms with Gasteiger partial charge in [0.15, 0.2) is 6.61 Å². The summed E-state index contributed by atoms with van der Waals surface area (Å²) in [6.07, 6.45) is 0.442. The summed E-state index contributed by atoms with van der Waals surface area (Å²) in [5, 5.41) is 3.95. The van der Waals surface area contributed by atoms with Crippen LogP contribution in [0.15, 0.2) is 40.9 Å². The molecule has 0 bridgehead atoms. The molecule has 2 amide bonds. The molecular weight excluding hydrogens is 502 g/mol. The van der Waals surface area contributed by atoms with E-state index in [1.54, 1.807) is 36.4 Å². The lowest BCUT2D eigenvalue weighted by Crippen LogP contribution is -2.49. The van der Waals surface area contributed by atoms with Crippen LogP contribution in [0.25, 0.3) is 0 Å². The predicted molar refractivity (Wildman–Crippen MR) is 120 cm³/mol. The number of carbonyl (C=O) groups excluding carboxylic acids is 2. The maximum Gasteiger partial charge on any atom is 0.261 e. The van der Waals surface area contributed by atoms with Gasteiger partial charge in [-0.25, -0.2) is 0 Å². The molecule has 0 radical (unpaired) electrons. The van der Waals surface area contributed by atoms with Crippen molar-refractivity contribution >= 4 is 62.5 Å². The van der Waals surface area contributed by atoms with Crippen molar-refractivity contribution in [2.45, 2.75) is 25.9 Å². The van der Waals surface area contributed by atoms with Crippen LogP contribution < -0.4 is 10.1 Å². The number of hydrogen-bond donors (Lipinski definition) is 1. The minimum absolute atomic E-state index is 0.187. The zero-order chi connectivity index (χ0) is 21.6. The Hall–Kier alpha value is -1.47. The molecule has 0 heterocycles. The lowest BCUT2D eigenvalue weighted by Gasteiger charge is -2.30. The molecule has 156 valence electrons. The number of benzene rings is 2. The van der Waals surface area contributed by atoms with Crippen molar-refractivity contribution < 1.29 is 14.3 Å². The van der Waals surface area contributed by atoms with Crippen molar-refractivity contribution in [2.75, 3.05) is 13.7 Å². The van der Waals surface area contributed by atoms with E-state index in [4.69, 9.17) is 39.5 Å². The molecule has 0 saturated heterocycles. The standard InChI is InChI=1S/C20H20BrCl3N2O3/c1-3-17(20(28)25-2)26(10-12-4-6-15(23)16(24)8-12)19(27)11-29-18-7-5-13(22)9-14(18)21/h4-9,17H,3,10-11H2,1-2H3,(H,25,28)/t17-/m0/s1. The van der Waals surface area contributed by atoms with Crippen molar-refractivity contribution in [3.05, 3.63) is 61.5 Å². The number of hydrogen-bond acceptors (Lipinski definition) is 3. The van der Waals surface area contributed by atoms with E-state index in [2.05, 4.69) is 21.2 Å². The summed E-state index contributed by atoms with van der Waals surface area (Å²) in [4.78, 5) is 26.8. The van der Waals surface area contributed by atoms with Gasteiger partial charge in [-0.1, -0.05) is 47.8 Å². The van der Waals surface area contributed by atoms with E-state index >= 15 is 0 Å². The van der Waals surface area contributed by atoms with Gasteiger partial charge in [-0.05, 0) is 58.2 Å². The fourth-order valence-corrected chi connectivity index (χ4v) is 3.85. The van der Waals surface area contributed by atoms with Crippen molar-refractivity contribution in [1.82, 2.24) is 10.2 Å². The highest BCUT2D eigenvalue weighted by Crippen LogP contribution is 2.28. The molecular formula is C20H20BrCl3N2O3. The Morgan fingerprint density at radius 1 is 1.14 bits per heavy atom. The minimum atomic E-state index is -0.654. The first-order chi connectivity index (χ1) is 13.8. The highest BCUT2D eigenvalue weighted by molar-refractivity contribution is 9.10. The molecule has 9 heteroatoms. The summed E-state index contributed by atoms with van der Waals surface area (Å²) < 4.78 is 6.28. The molecule has 2 rings (SSSR count). The first kappa shape index (κ1) is 23.8. The van der Waals surface area contributed by atoms with Crippen LogP contribution in [0.4, 0.5) is 0 Å². The normalized spacial score (nSPS) is 11.7. The lowest BCUT2D eigenvalue weighted by molar-refractivity contribution is -0.142. The summed E-state index contributed by atoms with van der Waals surface area (Å²) in [6, 6.07) is 9.45. The van der Waals surface area contributed by atoms with Crippen LogP contribution in [0.3, 0.4) is 0 Å². The van der Waals surface area contributed by atoms with Crippen molar-refractivity contribution in [2.24, 2.45) is 0 Å². The average molecular weight is 523 g/mol. The van der Waals surface area contributed by atoms with Crippen molar-refractivity contribution in [1.29, 1.82) is 0 Å². The first-order valence-electron chi connectivity index (χ1n) is 8.79. The van der Waals surface area contributed by atoms with E-state index < -0.39 is 6.04 Å². The molecule has 0 aromatic heterocycles. The van der Waals surface area contributed by atoms with Crippen LogP contribution in [-0.4, -0.2) is 36.4 Å². The van der Waals surface area contributed by atoms with Crippen molar-refractivity contribution in [3.63, 3.8) is 0 Å². The van der Waals surface area contributed by atoms with Crippen molar-refractivity contribution in [3.8, 4) is 5.75 Å². The van der Waals surface area contributed by atoms with Gasteiger partial charge in [-0.2, -0.15) is 0 Å². The summed E-state index contributed by atoms with van der Waals surface area (Å²) >= 11 is 21.4. The molecule has 2 aromatic rings. The topological polar surface area (TPSA) is 58.6 Å². The maximum absolute atomic E-state index is 13.0. The third-order valence-electron chi connectivity index (χ3n) is 4.21. The van der Waals surface area contributed by atoms with Gasteiger partial charge >= 0.3 is 0 Å². The fourth-order valence-electron chi connectivity index (χ4n) is 2.74. The molecule has 0 aliphatic carbocycles. The fraction of sp³-hybridized carbons (Fsp3) is 0.300. The number of nitrogens with zero attached hydrogens (tertiary/aromatic N) is 1. The Bertz CT molecular complexity index is 895. The second-order valence-electron chi connectivity index (χ2n) is 6.17. The molecule has 0 spiro atoms. The zero-order valence-electron chi connectivity index (χ0n) is 15.8. The number of carbonyl (C=O) groups is 2. The van der Waals surface area contributed by atoms with E-state index in [1.807, 2.05) is 6.92 Å². The van der Waals surface area contributed by atoms with Gasteiger partial charge in [-0.3, -0.25) is 9.59 Å². The molecule has 0 fully saturated rings. The summed E-state index contributed by atoms with van der Waals surface area (Å²) in [5.74, 6) is -0.118. The van der Waals surface area contributed by atoms with E-state index in [-0.39, 0.29) is 25.0 Å². The molecule has 1 N–H and O–H groups in total. The maximum atomic E-state index is 13.0. The predicted octanol–water partition coefficient (Wildman–Crippen LogP) is 5.34. The van der Waals surface area contributed by atoms with Crippen LogP contribution in [0.2, 0.25) is 15.1 Å². The second kappa shape index (κ2) is 11.1. The largest absolute Gasteiger partial charge is 0.483 e. The zero-order valence-corrected chi connectivity index (χ0v) is 19.7. The van der Waals surface area contributed by atoms with Gasteiger partial charge in [0.1, 0.15) is 11.8 Å². The quantitative estimate of drug-likeness (QED) is 0.509. The Morgan fingerprint density at radius 2 is 1.86 bits per heavy atom. The van der Waals surface area contributed by atoms with Gasteiger partial charge in [0.05, 0.1) is 14.5 Å². The van der Waals surface area contributed by atoms with Gasteiger partial charge in [0.2, 0.25) is 5.91 Å². The SMILES string of the molecule is CC[C@@H](C(=O)NC)N(Cc1ccc(Cl)c(Cl)c1)C(=O)COc1ccc(Cl)cc1Br. The first-order valence-corrected chi connectivity index (χ1v) is 10.7. The van der Waals surface area contributed by atoms with Gasteiger partial charge in [0, 0.05) is 18.6 Å². The average Bonchev–Trinajstić information content (AvgIpc) is 2.69. The second-order valence-corrected chi connectivity index (χ2v) is 8.28. The summed E-state index contributed by atoms with van der Waals surface area (Å²) in [6.45, 7) is 1.79. The Morgan fingerprint density at radius 3 is 2.45 bits per heavy atom. The molecule has 5 nitrogen and oxygen atoms in total. The smallest absolute Gasteiger partial charge is 0.261 e. The number of likely N-dealkylation sites (N-methyl/N-ethyl adjacent to an activating group) is 1. The summed E-state index contributed by atoms with van der Waals surface area (Å²) in [5.41, 5.74) is 0.753. The monoisotopic (exact) mass is 520 g/mol. The van der Waals surface area contributed by atoms with Crippen LogP contribution in [0.5, 0.6) is 5.75 Å². The number of nitrogens with one attached hydrogen (secondary N) is 1. The Kier molecular flexibility index (Phi) is 9.08. The number of rotatable bonds is 8. The van der Waals surface area contributed by atoms with E-state index in [9.17, 15) is 9.59 Å². The van der Waals surface area contributed by atoms with E-state index in [1.165, 1.54) is 11.9 Å². The molecule has 1 atom stereocenters. The van der Waals surface area contributed by atoms with Gasteiger partial charge in [0.25, 0.3) is 5.91 Å². The third kappa shape index (κ3) is 6.51. The van der Waals surface area contributed by atoms with E-state index in [0.29, 0.717) is 31.7 Å². The van der Waals surface area contributed by atoms with Gasteiger partial charge < -0.3 is 15.0 Å². The lowest BCUT2D eigenvalue weighted by atomic mass is 10.1. The Labute approximate surface area is 193 Å². The molecule has 0 aliphatic heterocycles. The number of amides is 2. The van der Waals surface area contributed by atoms with Crippen LogP contribution in [0.1, 0.15) is 18.9 Å². The molecule has 29 heavy (non-hydrogen) atoms. The molecule has 2 aromatic carbocycles. The van der Waals surface area contributed by atoms with Crippen LogP contribution >= 0.6 is 50.7 Å². The third-order valence-corrected chi connectivity index (χ3v) is 5.81. The highest BCUT2D eigenvalue weighted by atomic mass is 79.9. The van der Waals surface area contributed by atoms with Gasteiger partial charge in [-0.15, -0.1) is 0 Å². The minimum Gasteiger partial charge on any atom is -0.483 e. The van der Waals surface area contributed by atoms with Crippen LogP contribution in [0, 0.1) is 0 Å². The summed E-state index contributed by atoms with van der Waals surface area (Å²) in [7, 11) is 1.54. The number of ether oxygens (including phenoxy) is 1. The van der Waals surface area contributed by atoms with Crippen LogP contribution in [-0.2, 0) is 16.1 Å². The molecule has 0 aliphatic rings. The highest BCUT2D eigenvalue weighted by Gasteiger charge is 2.28.